The Bertz CT molecular complexity index is 447. The van der Waals surface area contributed by atoms with Gasteiger partial charge in [-0.3, -0.25) is 0 Å². The zero-order valence-electron chi connectivity index (χ0n) is 9.74. The van der Waals surface area contributed by atoms with Crippen LogP contribution in [0.15, 0.2) is 12.4 Å². The highest BCUT2D eigenvalue weighted by molar-refractivity contribution is 7.15. The van der Waals surface area contributed by atoms with Crippen molar-refractivity contribution in [2.75, 3.05) is 6.54 Å². The van der Waals surface area contributed by atoms with Crippen molar-refractivity contribution < 1.29 is 0 Å². The summed E-state index contributed by atoms with van der Waals surface area (Å²) in [6, 6.07) is 0.353. The first kappa shape index (κ1) is 11.3. The second kappa shape index (κ2) is 4.76. The summed E-state index contributed by atoms with van der Waals surface area (Å²) >= 11 is 1.70. The summed E-state index contributed by atoms with van der Waals surface area (Å²) in [5, 5.41) is 4.36. The SMILES string of the molecule is CCNC(C)c1sc(-c2ncc[nH]2)nc1C. The lowest BCUT2D eigenvalue weighted by atomic mass is 10.2. The number of hydrogen-bond acceptors (Lipinski definition) is 4. The van der Waals surface area contributed by atoms with E-state index < -0.39 is 0 Å². The molecule has 0 spiro atoms. The van der Waals surface area contributed by atoms with Crippen molar-refractivity contribution in [2.24, 2.45) is 0 Å². The lowest BCUT2D eigenvalue weighted by Gasteiger charge is -2.09. The van der Waals surface area contributed by atoms with Crippen LogP contribution in [0.2, 0.25) is 0 Å². The van der Waals surface area contributed by atoms with Gasteiger partial charge in [0.2, 0.25) is 0 Å². The molecule has 86 valence electrons. The van der Waals surface area contributed by atoms with Crippen LogP contribution in [-0.4, -0.2) is 21.5 Å². The zero-order valence-corrected chi connectivity index (χ0v) is 10.6. The van der Waals surface area contributed by atoms with Crippen molar-refractivity contribution in [3.05, 3.63) is 23.0 Å². The number of aryl methyl sites for hydroxylation is 1. The molecule has 1 unspecified atom stereocenters. The highest BCUT2D eigenvalue weighted by atomic mass is 32.1. The maximum atomic E-state index is 4.54. The predicted molar refractivity (Wildman–Crippen MR) is 66.5 cm³/mol. The topological polar surface area (TPSA) is 53.6 Å². The van der Waals surface area contributed by atoms with E-state index >= 15 is 0 Å². The van der Waals surface area contributed by atoms with Gasteiger partial charge in [-0.05, 0) is 20.4 Å². The molecule has 0 saturated heterocycles. The predicted octanol–water partition coefficient (Wildman–Crippen LogP) is 2.51. The van der Waals surface area contributed by atoms with Gasteiger partial charge in [0, 0.05) is 23.3 Å². The summed E-state index contributed by atoms with van der Waals surface area (Å²) in [5.41, 5.74) is 1.09. The maximum Gasteiger partial charge on any atom is 0.166 e. The van der Waals surface area contributed by atoms with Crippen LogP contribution in [0.5, 0.6) is 0 Å². The molecule has 0 aromatic carbocycles. The van der Waals surface area contributed by atoms with Crippen molar-refractivity contribution in [1.29, 1.82) is 0 Å². The first-order chi connectivity index (χ1) is 7.72. The number of nitrogens with zero attached hydrogens (tertiary/aromatic N) is 2. The minimum Gasteiger partial charge on any atom is -0.343 e. The third kappa shape index (κ3) is 2.15. The minimum atomic E-state index is 0.353. The van der Waals surface area contributed by atoms with Crippen molar-refractivity contribution in [1.82, 2.24) is 20.3 Å². The highest BCUT2D eigenvalue weighted by Gasteiger charge is 2.15. The number of rotatable bonds is 4. The van der Waals surface area contributed by atoms with E-state index in [4.69, 9.17) is 0 Å². The van der Waals surface area contributed by atoms with Gasteiger partial charge in [0.25, 0.3) is 0 Å². The Kier molecular flexibility index (Phi) is 3.36. The fraction of sp³-hybridized carbons (Fsp3) is 0.455. The van der Waals surface area contributed by atoms with Gasteiger partial charge in [-0.25, -0.2) is 9.97 Å². The molecule has 0 bridgehead atoms. The van der Waals surface area contributed by atoms with E-state index in [9.17, 15) is 0 Å². The Morgan fingerprint density at radius 1 is 1.56 bits per heavy atom. The molecule has 0 aliphatic carbocycles. The van der Waals surface area contributed by atoms with Gasteiger partial charge in [0.05, 0.1) is 5.69 Å². The molecular weight excluding hydrogens is 220 g/mol. The molecule has 0 amide bonds. The van der Waals surface area contributed by atoms with Crippen LogP contribution in [0.3, 0.4) is 0 Å². The molecule has 2 aromatic rings. The van der Waals surface area contributed by atoms with E-state index in [1.165, 1.54) is 4.88 Å². The molecule has 0 radical (unpaired) electrons. The van der Waals surface area contributed by atoms with Crippen molar-refractivity contribution in [2.45, 2.75) is 26.8 Å². The molecule has 5 heteroatoms. The number of nitrogens with one attached hydrogen (secondary N) is 2. The summed E-state index contributed by atoms with van der Waals surface area (Å²) in [4.78, 5) is 13.1. The van der Waals surface area contributed by atoms with E-state index in [0.717, 1.165) is 23.1 Å². The average molecular weight is 236 g/mol. The molecule has 16 heavy (non-hydrogen) atoms. The minimum absolute atomic E-state index is 0.353. The lowest BCUT2D eigenvalue weighted by molar-refractivity contribution is 0.603. The molecule has 2 heterocycles. The number of hydrogen-bond donors (Lipinski definition) is 2. The molecule has 0 aliphatic heterocycles. The summed E-state index contributed by atoms with van der Waals surface area (Å²) in [6.07, 6.45) is 3.57. The molecule has 0 fully saturated rings. The summed E-state index contributed by atoms with van der Waals surface area (Å²) in [7, 11) is 0. The van der Waals surface area contributed by atoms with Crippen LogP contribution in [0.1, 0.15) is 30.5 Å². The number of aromatic amines is 1. The van der Waals surface area contributed by atoms with Gasteiger partial charge in [0.15, 0.2) is 10.8 Å². The normalized spacial score (nSPS) is 12.9. The van der Waals surface area contributed by atoms with Crippen molar-refractivity contribution in [3.63, 3.8) is 0 Å². The number of aromatic nitrogens is 3. The van der Waals surface area contributed by atoms with E-state index in [-0.39, 0.29) is 0 Å². The molecule has 4 nitrogen and oxygen atoms in total. The fourth-order valence-electron chi connectivity index (χ4n) is 1.69. The van der Waals surface area contributed by atoms with Gasteiger partial charge in [0.1, 0.15) is 0 Å². The highest BCUT2D eigenvalue weighted by Crippen LogP contribution is 2.29. The van der Waals surface area contributed by atoms with Crippen LogP contribution in [0, 0.1) is 6.92 Å². The molecule has 2 N–H and O–H groups in total. The Hall–Kier alpha value is -1.20. The average Bonchev–Trinajstić information content (AvgIpc) is 2.86. The van der Waals surface area contributed by atoms with Crippen LogP contribution in [0.4, 0.5) is 0 Å². The quantitative estimate of drug-likeness (QED) is 0.857. The largest absolute Gasteiger partial charge is 0.343 e. The second-order valence-electron chi connectivity index (χ2n) is 3.69. The smallest absolute Gasteiger partial charge is 0.166 e. The second-order valence-corrected chi connectivity index (χ2v) is 4.72. The summed E-state index contributed by atoms with van der Waals surface area (Å²) < 4.78 is 0. The van der Waals surface area contributed by atoms with E-state index in [0.29, 0.717) is 6.04 Å². The van der Waals surface area contributed by atoms with Crippen molar-refractivity contribution >= 4 is 11.3 Å². The van der Waals surface area contributed by atoms with Crippen LogP contribution in [-0.2, 0) is 0 Å². The third-order valence-corrected chi connectivity index (χ3v) is 3.78. The van der Waals surface area contributed by atoms with Gasteiger partial charge in [-0.1, -0.05) is 6.92 Å². The first-order valence-electron chi connectivity index (χ1n) is 5.42. The van der Waals surface area contributed by atoms with Gasteiger partial charge in [-0.2, -0.15) is 0 Å². The zero-order chi connectivity index (χ0) is 11.5. The fourth-order valence-corrected chi connectivity index (χ4v) is 2.75. The Morgan fingerprint density at radius 3 is 3.00 bits per heavy atom. The summed E-state index contributed by atoms with van der Waals surface area (Å²) in [5.74, 6) is 0.850. The monoisotopic (exact) mass is 236 g/mol. The van der Waals surface area contributed by atoms with Crippen LogP contribution in [0.25, 0.3) is 10.8 Å². The molecular formula is C11H16N4S. The van der Waals surface area contributed by atoms with Crippen LogP contribution >= 0.6 is 11.3 Å². The Balaban J connectivity index is 2.28. The van der Waals surface area contributed by atoms with E-state index in [1.807, 2.05) is 13.1 Å². The van der Waals surface area contributed by atoms with Gasteiger partial charge in [-0.15, -0.1) is 11.3 Å². The van der Waals surface area contributed by atoms with Gasteiger partial charge >= 0.3 is 0 Å². The number of thiazole rings is 1. The van der Waals surface area contributed by atoms with E-state index in [1.54, 1.807) is 17.5 Å². The molecule has 0 saturated carbocycles. The number of H-pyrrole nitrogens is 1. The Morgan fingerprint density at radius 2 is 2.38 bits per heavy atom. The van der Waals surface area contributed by atoms with Crippen molar-refractivity contribution in [3.8, 4) is 10.8 Å². The third-order valence-electron chi connectivity index (χ3n) is 2.44. The molecule has 2 rings (SSSR count). The maximum absolute atomic E-state index is 4.54. The molecule has 1 atom stereocenters. The Labute approximate surface area is 99.2 Å². The van der Waals surface area contributed by atoms with E-state index in [2.05, 4.69) is 34.1 Å². The lowest BCUT2D eigenvalue weighted by Crippen LogP contribution is -2.17. The number of imidazole rings is 1. The van der Waals surface area contributed by atoms with Gasteiger partial charge < -0.3 is 10.3 Å². The molecule has 2 aromatic heterocycles. The summed E-state index contributed by atoms with van der Waals surface area (Å²) in [6.45, 7) is 7.29. The standard InChI is InChI=1S/C11H16N4S/c1-4-12-7(2)9-8(3)15-11(16-9)10-13-5-6-14-10/h5-7,12H,4H2,1-3H3,(H,13,14). The first-order valence-corrected chi connectivity index (χ1v) is 6.24. The molecule has 0 aliphatic rings. The van der Waals surface area contributed by atoms with Crippen LogP contribution < -0.4 is 5.32 Å².